The van der Waals surface area contributed by atoms with E-state index in [0.717, 1.165) is 28.4 Å². The van der Waals surface area contributed by atoms with E-state index in [1.54, 1.807) is 0 Å². The molecule has 2 heterocycles. The number of rotatable bonds is 6. The van der Waals surface area contributed by atoms with Crippen LogP contribution >= 0.6 is 0 Å². The van der Waals surface area contributed by atoms with Crippen molar-refractivity contribution in [2.24, 2.45) is 0 Å². The summed E-state index contributed by atoms with van der Waals surface area (Å²) in [5.41, 5.74) is 12.6. The highest BCUT2D eigenvalue weighted by molar-refractivity contribution is 6.15. The Bertz CT molecular complexity index is 2850. The van der Waals surface area contributed by atoms with Gasteiger partial charge in [0.1, 0.15) is 0 Å². The van der Waals surface area contributed by atoms with E-state index in [4.69, 9.17) is 0 Å². The Kier molecular flexibility index (Phi) is 6.81. The van der Waals surface area contributed by atoms with Gasteiger partial charge < -0.3 is 14.0 Å². The predicted molar refractivity (Wildman–Crippen MR) is 215 cm³/mol. The summed E-state index contributed by atoms with van der Waals surface area (Å²) < 4.78 is 4.82. The molecule has 3 heteroatoms. The van der Waals surface area contributed by atoms with Crippen molar-refractivity contribution in [1.82, 2.24) is 9.13 Å². The first kappa shape index (κ1) is 29.1. The lowest BCUT2D eigenvalue weighted by Crippen LogP contribution is -2.12. The molecule has 3 nitrogen and oxygen atoms in total. The quantitative estimate of drug-likeness (QED) is 0.174. The van der Waals surface area contributed by atoms with Crippen LogP contribution in [-0.4, -0.2) is 9.13 Å². The van der Waals surface area contributed by atoms with Crippen LogP contribution in [0.3, 0.4) is 0 Å². The molecule has 0 bridgehead atoms. The smallest absolute Gasteiger partial charge is 0.0782 e. The zero-order valence-corrected chi connectivity index (χ0v) is 27.9. The fraction of sp³-hybridized carbons (Fsp3) is 0. The van der Waals surface area contributed by atoms with Crippen LogP contribution in [0.25, 0.3) is 66.1 Å². The highest BCUT2D eigenvalue weighted by Gasteiger charge is 2.23. The Labute approximate surface area is 296 Å². The third kappa shape index (κ3) is 4.74. The van der Waals surface area contributed by atoms with Gasteiger partial charge in [0.05, 0.1) is 27.8 Å². The molecular weight excluding hydrogens is 619 g/mol. The number of fused-ring (bicyclic) bond motifs is 6. The van der Waals surface area contributed by atoms with Crippen molar-refractivity contribution < 1.29 is 0 Å². The van der Waals surface area contributed by atoms with E-state index >= 15 is 0 Å². The Hall–Kier alpha value is -6.84. The summed E-state index contributed by atoms with van der Waals surface area (Å²) >= 11 is 0. The molecule has 2 aromatic heterocycles. The molecule has 0 N–H and O–H groups in total. The van der Waals surface area contributed by atoms with E-state index in [0.29, 0.717) is 0 Å². The fourth-order valence-corrected chi connectivity index (χ4v) is 7.86. The van der Waals surface area contributed by atoms with Crippen LogP contribution < -0.4 is 4.90 Å². The van der Waals surface area contributed by atoms with Crippen molar-refractivity contribution in [3.8, 4) is 22.5 Å². The van der Waals surface area contributed by atoms with Crippen LogP contribution in [0, 0.1) is 0 Å². The highest BCUT2D eigenvalue weighted by Crippen LogP contribution is 2.45. The number of hydrogen-bond acceptors (Lipinski definition) is 1. The van der Waals surface area contributed by atoms with E-state index in [9.17, 15) is 0 Å². The van der Waals surface area contributed by atoms with Gasteiger partial charge in [0, 0.05) is 44.3 Å². The summed E-state index contributed by atoms with van der Waals surface area (Å²) in [6, 6.07) is 72.2. The molecule has 10 aromatic rings. The van der Waals surface area contributed by atoms with Crippen LogP contribution in [0.4, 0.5) is 17.1 Å². The Morgan fingerprint density at radius 2 is 0.824 bits per heavy atom. The minimum atomic E-state index is 1.09. The summed E-state index contributed by atoms with van der Waals surface area (Å²) in [5, 5.41) is 4.92. The van der Waals surface area contributed by atoms with Crippen LogP contribution in [0.5, 0.6) is 0 Å². The van der Waals surface area contributed by atoms with Gasteiger partial charge in [0.2, 0.25) is 0 Å². The largest absolute Gasteiger partial charge is 0.309 e. The molecule has 240 valence electrons. The SMILES string of the molecule is c1ccc(-c2cccc(N(c3ccc4c5ccccc5n(-c5ccccc5)c4c3)c3cccc4c5ccccc5n(-c5ccccc5)c34)c2)cc1. The number of anilines is 3. The van der Waals surface area contributed by atoms with Gasteiger partial charge in [-0.25, -0.2) is 0 Å². The van der Waals surface area contributed by atoms with E-state index in [2.05, 4.69) is 214 Å². The predicted octanol–water partition coefficient (Wildman–Crippen LogP) is 13.0. The van der Waals surface area contributed by atoms with E-state index in [1.165, 1.54) is 54.7 Å². The van der Waals surface area contributed by atoms with E-state index in [-0.39, 0.29) is 0 Å². The monoisotopic (exact) mass is 651 g/mol. The summed E-state index contributed by atoms with van der Waals surface area (Å²) in [6.45, 7) is 0. The molecule has 0 saturated carbocycles. The van der Waals surface area contributed by atoms with Crippen LogP contribution in [0.2, 0.25) is 0 Å². The van der Waals surface area contributed by atoms with Crippen LogP contribution in [0.1, 0.15) is 0 Å². The van der Waals surface area contributed by atoms with Gasteiger partial charge >= 0.3 is 0 Å². The maximum absolute atomic E-state index is 2.44. The second-order valence-corrected chi connectivity index (χ2v) is 13.0. The molecule has 0 spiro atoms. The second-order valence-electron chi connectivity index (χ2n) is 13.0. The summed E-state index contributed by atoms with van der Waals surface area (Å²) in [4.78, 5) is 2.44. The normalized spacial score (nSPS) is 11.5. The number of benzene rings is 8. The summed E-state index contributed by atoms with van der Waals surface area (Å²) in [7, 11) is 0. The molecule has 0 unspecified atom stereocenters. The van der Waals surface area contributed by atoms with E-state index in [1.807, 2.05) is 0 Å². The first-order valence-corrected chi connectivity index (χ1v) is 17.5. The number of aromatic nitrogens is 2. The third-order valence-electron chi connectivity index (χ3n) is 10.1. The van der Waals surface area contributed by atoms with Crippen molar-refractivity contribution in [3.63, 3.8) is 0 Å². The number of nitrogens with zero attached hydrogens (tertiary/aromatic N) is 3. The Morgan fingerprint density at radius 1 is 0.314 bits per heavy atom. The fourth-order valence-electron chi connectivity index (χ4n) is 7.86. The van der Waals surface area contributed by atoms with Gasteiger partial charge in [-0.3, -0.25) is 0 Å². The lowest BCUT2D eigenvalue weighted by Gasteiger charge is -2.28. The molecular formula is C48H33N3. The molecule has 8 aromatic carbocycles. The maximum atomic E-state index is 2.44. The second kappa shape index (κ2) is 11.9. The van der Waals surface area contributed by atoms with Gasteiger partial charge in [-0.05, 0) is 77.9 Å². The third-order valence-corrected chi connectivity index (χ3v) is 10.1. The standard InChI is InChI=1S/C48H33N3/c1-4-16-34(17-5-1)35-18-14-23-38(32-35)49(39-30-31-42-40-24-10-12-27-44(40)50(47(42)33-39)36-19-6-2-7-20-36)46-29-15-26-43-41-25-11-13-28-45(41)51(48(43)46)37-21-8-3-9-22-37/h1-33H. The first-order chi connectivity index (χ1) is 25.3. The zero-order valence-electron chi connectivity index (χ0n) is 27.9. The molecule has 51 heavy (non-hydrogen) atoms. The van der Waals surface area contributed by atoms with Gasteiger partial charge in [-0.2, -0.15) is 0 Å². The molecule has 0 radical (unpaired) electrons. The maximum Gasteiger partial charge on any atom is 0.0782 e. The number of hydrogen-bond donors (Lipinski definition) is 0. The molecule has 0 aliphatic rings. The average Bonchev–Trinajstić information content (AvgIpc) is 3.72. The van der Waals surface area contributed by atoms with Crippen molar-refractivity contribution in [3.05, 3.63) is 200 Å². The minimum absolute atomic E-state index is 1.09. The lowest BCUT2D eigenvalue weighted by atomic mass is 10.0. The Morgan fingerprint density at radius 3 is 1.55 bits per heavy atom. The highest BCUT2D eigenvalue weighted by atomic mass is 15.2. The minimum Gasteiger partial charge on any atom is -0.309 e. The van der Waals surface area contributed by atoms with Gasteiger partial charge in [-0.1, -0.05) is 133 Å². The molecule has 0 aliphatic heterocycles. The van der Waals surface area contributed by atoms with Crippen LogP contribution in [0.15, 0.2) is 200 Å². The molecule has 10 rings (SSSR count). The Balaban J connectivity index is 1.31. The van der Waals surface area contributed by atoms with Gasteiger partial charge in [0.25, 0.3) is 0 Å². The van der Waals surface area contributed by atoms with Crippen molar-refractivity contribution in [1.29, 1.82) is 0 Å². The first-order valence-electron chi connectivity index (χ1n) is 17.5. The van der Waals surface area contributed by atoms with Crippen LogP contribution in [-0.2, 0) is 0 Å². The van der Waals surface area contributed by atoms with E-state index < -0.39 is 0 Å². The van der Waals surface area contributed by atoms with Gasteiger partial charge in [0.15, 0.2) is 0 Å². The summed E-state index contributed by atoms with van der Waals surface area (Å²) in [6.07, 6.45) is 0. The van der Waals surface area contributed by atoms with Crippen molar-refractivity contribution in [2.45, 2.75) is 0 Å². The molecule has 0 fully saturated rings. The van der Waals surface area contributed by atoms with Crippen molar-refractivity contribution in [2.75, 3.05) is 4.90 Å². The summed E-state index contributed by atoms with van der Waals surface area (Å²) in [5.74, 6) is 0. The lowest BCUT2D eigenvalue weighted by molar-refractivity contribution is 1.16. The molecule has 0 saturated heterocycles. The average molecular weight is 652 g/mol. The molecule has 0 amide bonds. The van der Waals surface area contributed by atoms with Gasteiger partial charge in [-0.15, -0.1) is 0 Å². The number of para-hydroxylation sites is 5. The topological polar surface area (TPSA) is 13.1 Å². The molecule has 0 atom stereocenters. The zero-order chi connectivity index (χ0) is 33.7. The molecule has 0 aliphatic carbocycles. The van der Waals surface area contributed by atoms with Crippen molar-refractivity contribution >= 4 is 60.7 Å².